The summed E-state index contributed by atoms with van der Waals surface area (Å²) in [6.07, 6.45) is 0. The molecule has 0 aliphatic rings. The van der Waals surface area contributed by atoms with Gasteiger partial charge in [0.2, 0.25) is 0 Å². The highest BCUT2D eigenvalue weighted by Crippen LogP contribution is 2.10. The molecule has 0 saturated heterocycles. The molecule has 1 aromatic heterocycles. The van der Waals surface area contributed by atoms with Gasteiger partial charge in [-0.05, 0) is 26.2 Å². The largest absolute Gasteiger partial charge is 0.464 e. The summed E-state index contributed by atoms with van der Waals surface area (Å²) in [7, 11) is 3.87. The Bertz CT molecular complexity index is 295. The van der Waals surface area contributed by atoms with Gasteiger partial charge < -0.3 is 13.9 Å². The fourth-order valence-electron chi connectivity index (χ4n) is 1.02. The Balaban J connectivity index is 2.58. The highest BCUT2D eigenvalue weighted by atomic mass is 32.2. The summed E-state index contributed by atoms with van der Waals surface area (Å²) >= 11 is -1.82. The number of nitrogens with zero attached hydrogens (tertiary/aromatic N) is 1. The van der Waals surface area contributed by atoms with E-state index < -0.39 is 11.1 Å². The molecule has 0 amide bonds. The zero-order valence-corrected chi connectivity index (χ0v) is 8.50. The standard InChI is InChI=1S/C8H13NO3S/c1-9(2)5-7-3-4-8(12-7)6-13(10)11/h3-4H,5-6H2,1-2H3,(H,10,11). The minimum absolute atomic E-state index is 0.0629. The van der Waals surface area contributed by atoms with Gasteiger partial charge in [-0.2, -0.15) is 0 Å². The van der Waals surface area contributed by atoms with Gasteiger partial charge in [0.25, 0.3) is 0 Å². The van der Waals surface area contributed by atoms with Crippen molar-refractivity contribution in [2.45, 2.75) is 12.3 Å². The van der Waals surface area contributed by atoms with E-state index in [0.29, 0.717) is 12.3 Å². The lowest BCUT2D eigenvalue weighted by Gasteiger charge is -2.05. The van der Waals surface area contributed by atoms with E-state index in [1.54, 1.807) is 6.07 Å². The smallest absolute Gasteiger partial charge is 0.160 e. The SMILES string of the molecule is CN(C)Cc1ccc(CS(=O)O)o1. The van der Waals surface area contributed by atoms with Crippen LogP contribution in [0.2, 0.25) is 0 Å². The van der Waals surface area contributed by atoms with Gasteiger partial charge in [-0.3, -0.25) is 0 Å². The van der Waals surface area contributed by atoms with Crippen LogP contribution in [0.1, 0.15) is 11.5 Å². The van der Waals surface area contributed by atoms with Crippen molar-refractivity contribution < 1.29 is 13.2 Å². The fraction of sp³-hybridized carbons (Fsp3) is 0.500. The summed E-state index contributed by atoms with van der Waals surface area (Å²) in [6.45, 7) is 0.706. The Morgan fingerprint density at radius 2 is 2.08 bits per heavy atom. The highest BCUT2D eigenvalue weighted by molar-refractivity contribution is 7.78. The van der Waals surface area contributed by atoms with Gasteiger partial charge in [0.15, 0.2) is 11.1 Å². The maximum atomic E-state index is 10.4. The zero-order valence-electron chi connectivity index (χ0n) is 7.69. The van der Waals surface area contributed by atoms with Gasteiger partial charge in [0, 0.05) is 0 Å². The quantitative estimate of drug-likeness (QED) is 0.743. The van der Waals surface area contributed by atoms with Gasteiger partial charge in [0.1, 0.15) is 17.3 Å². The average Bonchev–Trinajstić information content (AvgIpc) is 2.33. The lowest BCUT2D eigenvalue weighted by atomic mass is 10.4. The second kappa shape index (κ2) is 4.55. The molecule has 1 atom stereocenters. The minimum Gasteiger partial charge on any atom is -0.464 e. The molecule has 13 heavy (non-hydrogen) atoms. The van der Waals surface area contributed by atoms with E-state index in [1.165, 1.54) is 0 Å². The normalized spacial score (nSPS) is 13.5. The van der Waals surface area contributed by atoms with E-state index in [0.717, 1.165) is 5.76 Å². The summed E-state index contributed by atoms with van der Waals surface area (Å²) in [5.74, 6) is 1.43. The second-order valence-electron chi connectivity index (χ2n) is 3.07. The van der Waals surface area contributed by atoms with Crippen LogP contribution in [-0.4, -0.2) is 27.8 Å². The topological polar surface area (TPSA) is 53.7 Å². The molecule has 0 aliphatic heterocycles. The molecule has 5 heteroatoms. The van der Waals surface area contributed by atoms with E-state index in [4.69, 9.17) is 8.97 Å². The van der Waals surface area contributed by atoms with Crippen LogP contribution in [0.25, 0.3) is 0 Å². The van der Waals surface area contributed by atoms with Gasteiger partial charge in [-0.15, -0.1) is 0 Å². The minimum atomic E-state index is -1.82. The van der Waals surface area contributed by atoms with Gasteiger partial charge in [-0.1, -0.05) is 0 Å². The molecular formula is C8H13NO3S. The van der Waals surface area contributed by atoms with Crippen LogP contribution < -0.4 is 0 Å². The van der Waals surface area contributed by atoms with Crippen molar-refractivity contribution in [1.82, 2.24) is 4.90 Å². The first kappa shape index (κ1) is 10.4. The summed E-state index contributed by atoms with van der Waals surface area (Å²) < 4.78 is 24.4. The van der Waals surface area contributed by atoms with Crippen molar-refractivity contribution >= 4 is 11.1 Å². The molecule has 0 aromatic carbocycles. The van der Waals surface area contributed by atoms with Crippen LogP contribution in [0.15, 0.2) is 16.5 Å². The summed E-state index contributed by atoms with van der Waals surface area (Å²) in [5, 5.41) is 0. The van der Waals surface area contributed by atoms with Crippen molar-refractivity contribution in [3.05, 3.63) is 23.7 Å². The number of hydrogen-bond acceptors (Lipinski definition) is 3. The summed E-state index contributed by atoms with van der Waals surface area (Å²) in [5.41, 5.74) is 0. The molecule has 1 unspecified atom stereocenters. The summed E-state index contributed by atoms with van der Waals surface area (Å²) in [4.78, 5) is 1.97. The number of rotatable bonds is 4. The van der Waals surface area contributed by atoms with Gasteiger partial charge in [0.05, 0.1) is 6.54 Å². The maximum Gasteiger partial charge on any atom is 0.160 e. The lowest BCUT2D eigenvalue weighted by Crippen LogP contribution is -2.09. The third kappa shape index (κ3) is 3.71. The highest BCUT2D eigenvalue weighted by Gasteiger charge is 2.05. The molecule has 1 heterocycles. The molecule has 1 N–H and O–H groups in total. The molecule has 0 bridgehead atoms. The molecule has 0 radical (unpaired) electrons. The van der Waals surface area contributed by atoms with E-state index in [2.05, 4.69) is 0 Å². The monoisotopic (exact) mass is 203 g/mol. The van der Waals surface area contributed by atoms with E-state index >= 15 is 0 Å². The van der Waals surface area contributed by atoms with Gasteiger partial charge in [-0.25, -0.2) is 4.21 Å². The Labute approximate surface area is 79.8 Å². The van der Waals surface area contributed by atoms with Crippen LogP contribution in [0.5, 0.6) is 0 Å². The number of hydrogen-bond donors (Lipinski definition) is 1. The lowest BCUT2D eigenvalue weighted by molar-refractivity contribution is 0.344. The molecule has 1 aromatic rings. The predicted molar refractivity (Wildman–Crippen MR) is 50.6 cm³/mol. The van der Waals surface area contributed by atoms with Crippen LogP contribution >= 0.6 is 0 Å². The zero-order chi connectivity index (χ0) is 9.84. The van der Waals surface area contributed by atoms with Crippen LogP contribution in [0.4, 0.5) is 0 Å². The first-order chi connectivity index (χ1) is 6.08. The van der Waals surface area contributed by atoms with Crippen molar-refractivity contribution in [3.63, 3.8) is 0 Å². The Kier molecular flexibility index (Phi) is 3.65. The third-order valence-corrected chi connectivity index (χ3v) is 1.99. The molecular weight excluding hydrogens is 190 g/mol. The van der Waals surface area contributed by atoms with Crippen molar-refractivity contribution in [2.75, 3.05) is 14.1 Å². The van der Waals surface area contributed by atoms with Crippen molar-refractivity contribution in [1.29, 1.82) is 0 Å². The van der Waals surface area contributed by atoms with Crippen LogP contribution in [0, 0.1) is 0 Å². The first-order valence-corrected chi connectivity index (χ1v) is 5.15. The Hall–Kier alpha value is -0.650. The average molecular weight is 203 g/mol. The summed E-state index contributed by atoms with van der Waals surface area (Å²) in [6, 6.07) is 3.55. The van der Waals surface area contributed by atoms with E-state index in [-0.39, 0.29) is 5.75 Å². The van der Waals surface area contributed by atoms with Crippen molar-refractivity contribution in [3.8, 4) is 0 Å². The molecule has 74 valence electrons. The third-order valence-electron chi connectivity index (χ3n) is 1.46. The first-order valence-electron chi connectivity index (χ1n) is 3.87. The predicted octanol–water partition coefficient (Wildman–Crippen LogP) is 1.06. The molecule has 4 nitrogen and oxygen atoms in total. The maximum absolute atomic E-state index is 10.4. The van der Waals surface area contributed by atoms with Gasteiger partial charge >= 0.3 is 0 Å². The Morgan fingerprint density at radius 1 is 1.46 bits per heavy atom. The van der Waals surface area contributed by atoms with E-state index in [1.807, 2.05) is 25.1 Å². The molecule has 0 aliphatic carbocycles. The number of furan rings is 1. The van der Waals surface area contributed by atoms with E-state index in [9.17, 15) is 4.21 Å². The molecule has 1 rings (SSSR count). The fourth-order valence-corrected chi connectivity index (χ4v) is 1.42. The van der Waals surface area contributed by atoms with Crippen LogP contribution in [-0.2, 0) is 23.4 Å². The van der Waals surface area contributed by atoms with Crippen LogP contribution in [0.3, 0.4) is 0 Å². The Morgan fingerprint density at radius 3 is 2.62 bits per heavy atom. The second-order valence-corrected chi connectivity index (χ2v) is 4.00. The molecule has 0 spiro atoms. The molecule has 0 saturated carbocycles. The van der Waals surface area contributed by atoms with Crippen molar-refractivity contribution in [2.24, 2.45) is 0 Å². The molecule has 0 fully saturated rings.